The van der Waals surface area contributed by atoms with Crippen LogP contribution in [0.2, 0.25) is 0 Å². The van der Waals surface area contributed by atoms with Crippen LogP contribution in [0.15, 0.2) is 23.4 Å². The molecule has 2 aliphatic heterocycles. The standard InChI is InChI=1S/C17H23N3O3S/c1-2-24-15-6-5-13(12-18-15)16(21)20-7-3-4-14(20)17(22)19-8-10-23-11-9-19/h5-6,12,14H,2-4,7-11H2,1H3/t14-/m0/s1. The number of aromatic nitrogens is 1. The maximum atomic E-state index is 12.8. The SMILES string of the molecule is CCSc1ccc(C(=O)N2CCC[C@H]2C(=O)N2CCOCC2)cn1. The maximum Gasteiger partial charge on any atom is 0.256 e. The molecular weight excluding hydrogens is 326 g/mol. The van der Waals surface area contributed by atoms with Gasteiger partial charge in [0.05, 0.1) is 23.8 Å². The predicted molar refractivity (Wildman–Crippen MR) is 92.1 cm³/mol. The smallest absolute Gasteiger partial charge is 0.256 e. The lowest BCUT2D eigenvalue weighted by molar-refractivity contribution is -0.139. The topological polar surface area (TPSA) is 62.7 Å². The molecule has 1 atom stereocenters. The van der Waals surface area contributed by atoms with Crippen molar-refractivity contribution in [1.82, 2.24) is 14.8 Å². The zero-order chi connectivity index (χ0) is 16.9. The molecule has 0 N–H and O–H groups in total. The van der Waals surface area contributed by atoms with Gasteiger partial charge in [0.1, 0.15) is 6.04 Å². The zero-order valence-corrected chi connectivity index (χ0v) is 14.8. The van der Waals surface area contributed by atoms with E-state index in [1.807, 2.05) is 17.0 Å². The third-order valence-electron chi connectivity index (χ3n) is 4.40. The average Bonchev–Trinajstić information content (AvgIpc) is 3.12. The summed E-state index contributed by atoms with van der Waals surface area (Å²) in [7, 11) is 0. The van der Waals surface area contributed by atoms with Gasteiger partial charge in [0, 0.05) is 25.8 Å². The third kappa shape index (κ3) is 3.72. The number of likely N-dealkylation sites (tertiary alicyclic amines) is 1. The van der Waals surface area contributed by atoms with Gasteiger partial charge in [0.2, 0.25) is 5.91 Å². The summed E-state index contributed by atoms with van der Waals surface area (Å²) in [5.74, 6) is 0.901. The van der Waals surface area contributed by atoms with Gasteiger partial charge in [-0.25, -0.2) is 4.98 Å². The Morgan fingerprint density at radius 3 is 2.75 bits per heavy atom. The number of hydrogen-bond donors (Lipinski definition) is 0. The van der Waals surface area contributed by atoms with Crippen molar-refractivity contribution in [1.29, 1.82) is 0 Å². The van der Waals surface area contributed by atoms with E-state index in [9.17, 15) is 9.59 Å². The molecule has 0 radical (unpaired) electrons. The van der Waals surface area contributed by atoms with Crippen LogP contribution in [-0.4, -0.2) is 71.2 Å². The van der Waals surface area contributed by atoms with E-state index >= 15 is 0 Å². The Hall–Kier alpha value is -1.60. The Morgan fingerprint density at radius 2 is 2.08 bits per heavy atom. The van der Waals surface area contributed by atoms with Crippen molar-refractivity contribution in [3.05, 3.63) is 23.9 Å². The Labute approximate surface area is 146 Å². The van der Waals surface area contributed by atoms with Gasteiger partial charge in [-0.3, -0.25) is 9.59 Å². The van der Waals surface area contributed by atoms with E-state index < -0.39 is 0 Å². The summed E-state index contributed by atoms with van der Waals surface area (Å²) in [6.07, 6.45) is 3.22. The van der Waals surface area contributed by atoms with Gasteiger partial charge in [-0.2, -0.15) is 0 Å². The van der Waals surface area contributed by atoms with E-state index in [1.165, 1.54) is 0 Å². The molecule has 2 saturated heterocycles. The van der Waals surface area contributed by atoms with Crippen molar-refractivity contribution < 1.29 is 14.3 Å². The van der Waals surface area contributed by atoms with Gasteiger partial charge in [0.15, 0.2) is 0 Å². The van der Waals surface area contributed by atoms with Crippen LogP contribution < -0.4 is 0 Å². The van der Waals surface area contributed by atoms with Crippen molar-refractivity contribution in [3.8, 4) is 0 Å². The van der Waals surface area contributed by atoms with Gasteiger partial charge >= 0.3 is 0 Å². The quantitative estimate of drug-likeness (QED) is 0.774. The Kier molecular flexibility index (Phi) is 5.73. The Morgan fingerprint density at radius 1 is 1.29 bits per heavy atom. The number of hydrogen-bond acceptors (Lipinski definition) is 5. The van der Waals surface area contributed by atoms with Gasteiger partial charge in [-0.15, -0.1) is 11.8 Å². The summed E-state index contributed by atoms with van der Waals surface area (Å²) in [5, 5.41) is 0.913. The molecule has 3 heterocycles. The highest BCUT2D eigenvalue weighted by Gasteiger charge is 2.37. The summed E-state index contributed by atoms with van der Waals surface area (Å²) >= 11 is 1.64. The minimum absolute atomic E-state index is 0.0512. The minimum Gasteiger partial charge on any atom is -0.378 e. The number of nitrogens with zero attached hydrogens (tertiary/aromatic N) is 3. The second kappa shape index (κ2) is 7.98. The monoisotopic (exact) mass is 349 g/mol. The minimum atomic E-state index is -0.347. The molecule has 0 spiro atoms. The highest BCUT2D eigenvalue weighted by atomic mass is 32.2. The summed E-state index contributed by atoms with van der Waals surface area (Å²) < 4.78 is 5.30. The molecule has 0 bridgehead atoms. The number of carbonyl (C=O) groups excluding carboxylic acids is 2. The first-order valence-electron chi connectivity index (χ1n) is 8.47. The molecule has 1 aromatic rings. The van der Waals surface area contributed by atoms with Gasteiger partial charge in [-0.05, 0) is 30.7 Å². The molecule has 0 unspecified atom stereocenters. The first kappa shape index (κ1) is 17.2. The van der Waals surface area contributed by atoms with E-state index in [2.05, 4.69) is 11.9 Å². The number of ether oxygens (including phenoxy) is 1. The van der Waals surface area contributed by atoms with E-state index in [1.54, 1.807) is 22.9 Å². The van der Waals surface area contributed by atoms with Crippen molar-refractivity contribution in [2.45, 2.75) is 30.8 Å². The van der Waals surface area contributed by atoms with Crippen LogP contribution in [0.3, 0.4) is 0 Å². The van der Waals surface area contributed by atoms with E-state index in [0.717, 1.165) is 23.6 Å². The van der Waals surface area contributed by atoms with Crippen molar-refractivity contribution >= 4 is 23.6 Å². The van der Waals surface area contributed by atoms with E-state index in [4.69, 9.17) is 4.74 Å². The molecule has 0 aromatic carbocycles. The third-order valence-corrected chi connectivity index (χ3v) is 5.22. The van der Waals surface area contributed by atoms with E-state index in [0.29, 0.717) is 38.4 Å². The van der Waals surface area contributed by atoms with Crippen molar-refractivity contribution in [2.24, 2.45) is 0 Å². The molecule has 7 heteroatoms. The molecule has 2 amide bonds. The second-order valence-corrected chi connectivity index (χ2v) is 7.20. The lowest BCUT2D eigenvalue weighted by Crippen LogP contribution is -2.51. The lowest BCUT2D eigenvalue weighted by Gasteiger charge is -2.32. The summed E-state index contributed by atoms with van der Waals surface area (Å²) in [6, 6.07) is 3.33. The van der Waals surface area contributed by atoms with Gasteiger partial charge in [0.25, 0.3) is 5.91 Å². The number of thioether (sulfide) groups is 1. The van der Waals surface area contributed by atoms with Crippen LogP contribution >= 0.6 is 11.8 Å². The normalized spacial score (nSPS) is 21.1. The molecule has 0 aliphatic carbocycles. The number of amides is 2. The Balaban J connectivity index is 1.69. The first-order chi connectivity index (χ1) is 11.7. The molecule has 0 saturated carbocycles. The van der Waals surface area contributed by atoms with Crippen LogP contribution in [0.1, 0.15) is 30.1 Å². The number of carbonyl (C=O) groups is 2. The van der Waals surface area contributed by atoms with Crippen LogP contribution in [0.5, 0.6) is 0 Å². The van der Waals surface area contributed by atoms with Gasteiger partial charge in [-0.1, -0.05) is 6.92 Å². The Bertz CT molecular complexity index is 587. The highest BCUT2D eigenvalue weighted by molar-refractivity contribution is 7.99. The van der Waals surface area contributed by atoms with Crippen LogP contribution in [-0.2, 0) is 9.53 Å². The van der Waals surface area contributed by atoms with Crippen molar-refractivity contribution in [3.63, 3.8) is 0 Å². The highest BCUT2D eigenvalue weighted by Crippen LogP contribution is 2.23. The fourth-order valence-electron chi connectivity index (χ4n) is 3.17. The fraction of sp³-hybridized carbons (Fsp3) is 0.588. The maximum absolute atomic E-state index is 12.8. The molecule has 2 aliphatic rings. The van der Waals surface area contributed by atoms with Crippen LogP contribution in [0.4, 0.5) is 0 Å². The molecule has 3 rings (SSSR count). The number of rotatable bonds is 4. The summed E-state index contributed by atoms with van der Waals surface area (Å²) in [6.45, 7) is 5.08. The van der Waals surface area contributed by atoms with E-state index in [-0.39, 0.29) is 17.9 Å². The fourth-order valence-corrected chi connectivity index (χ4v) is 3.75. The van der Waals surface area contributed by atoms with Crippen molar-refractivity contribution in [2.75, 3.05) is 38.6 Å². The first-order valence-corrected chi connectivity index (χ1v) is 9.45. The van der Waals surface area contributed by atoms with Crippen LogP contribution in [0.25, 0.3) is 0 Å². The number of morpholine rings is 1. The summed E-state index contributed by atoms with van der Waals surface area (Å²) in [5.41, 5.74) is 0.553. The van der Waals surface area contributed by atoms with Gasteiger partial charge < -0.3 is 14.5 Å². The zero-order valence-electron chi connectivity index (χ0n) is 13.9. The molecule has 6 nitrogen and oxygen atoms in total. The molecule has 1 aromatic heterocycles. The predicted octanol–water partition coefficient (Wildman–Crippen LogP) is 1.66. The second-order valence-electron chi connectivity index (χ2n) is 5.91. The number of pyridine rings is 1. The molecule has 130 valence electrons. The largest absolute Gasteiger partial charge is 0.378 e. The molecular formula is C17H23N3O3S. The lowest BCUT2D eigenvalue weighted by atomic mass is 10.1. The molecule has 2 fully saturated rings. The summed E-state index contributed by atoms with van der Waals surface area (Å²) in [4.78, 5) is 33.4. The van der Waals surface area contributed by atoms with Crippen LogP contribution in [0, 0.1) is 0 Å². The molecule has 24 heavy (non-hydrogen) atoms. The average molecular weight is 349 g/mol.